The number of amides is 1. The Morgan fingerprint density at radius 1 is 0.923 bits per heavy atom. The summed E-state index contributed by atoms with van der Waals surface area (Å²) in [4.78, 5) is 12.8. The molecule has 10 heteroatoms. The summed E-state index contributed by atoms with van der Waals surface area (Å²) in [6.45, 7) is -0.0762. The molecule has 0 aliphatic heterocycles. The molecule has 0 atom stereocenters. The van der Waals surface area contributed by atoms with Crippen LogP contribution in [0.3, 0.4) is 0 Å². The van der Waals surface area contributed by atoms with Crippen LogP contribution in [0.4, 0.5) is 5.69 Å². The second kappa shape index (κ2) is 13.1. The molecule has 8 nitrogen and oxygen atoms in total. The molecular formula is C29H26BrN3O5S. The lowest BCUT2D eigenvalue weighted by Gasteiger charge is -2.23. The van der Waals surface area contributed by atoms with Gasteiger partial charge in [0.15, 0.2) is 11.5 Å². The number of hydrazone groups is 1. The van der Waals surface area contributed by atoms with Crippen molar-refractivity contribution >= 4 is 43.8 Å². The summed E-state index contributed by atoms with van der Waals surface area (Å²) in [5, 5.41) is 4.01. The first kappa shape index (κ1) is 27.9. The molecule has 0 unspecified atom stereocenters. The zero-order valence-corrected chi connectivity index (χ0v) is 23.4. The molecule has 200 valence electrons. The largest absolute Gasteiger partial charge is 0.493 e. The van der Waals surface area contributed by atoms with E-state index in [1.54, 1.807) is 60.7 Å². The standard InChI is InChI=1S/C29H26BrN3O5S/c1-37-28-18-23(12-17-27(28)38-21-22-8-4-2-5-9-22)19-31-32-29(34)20-33(25-15-13-24(30)14-16-25)39(35,36)26-10-6-3-7-11-26/h2-19H,20-21H2,1H3,(H,32,34)/b31-19-. The molecule has 0 saturated carbocycles. The van der Waals surface area contributed by atoms with Gasteiger partial charge < -0.3 is 9.47 Å². The number of hydrogen-bond acceptors (Lipinski definition) is 6. The first-order valence-corrected chi connectivity index (χ1v) is 14.1. The Bertz CT molecular complexity index is 1530. The smallest absolute Gasteiger partial charge is 0.264 e. The van der Waals surface area contributed by atoms with E-state index in [1.165, 1.54) is 25.5 Å². The number of benzene rings is 4. The summed E-state index contributed by atoms with van der Waals surface area (Å²) in [6, 6.07) is 29.6. The number of halogens is 1. The second-order valence-corrected chi connectivity index (χ2v) is 11.1. The summed E-state index contributed by atoms with van der Waals surface area (Å²) in [7, 11) is -2.46. The van der Waals surface area contributed by atoms with Gasteiger partial charge >= 0.3 is 0 Å². The molecule has 1 N–H and O–H groups in total. The molecule has 0 saturated heterocycles. The van der Waals surface area contributed by atoms with Crippen molar-refractivity contribution < 1.29 is 22.7 Å². The van der Waals surface area contributed by atoms with Gasteiger partial charge in [0.1, 0.15) is 13.2 Å². The number of rotatable bonds is 11. The van der Waals surface area contributed by atoms with Crippen LogP contribution in [0.15, 0.2) is 118 Å². The van der Waals surface area contributed by atoms with E-state index in [9.17, 15) is 13.2 Å². The number of nitrogens with zero attached hydrogens (tertiary/aromatic N) is 2. The van der Waals surface area contributed by atoms with Gasteiger partial charge in [-0.2, -0.15) is 5.10 Å². The fourth-order valence-corrected chi connectivity index (χ4v) is 5.31. The van der Waals surface area contributed by atoms with E-state index in [-0.39, 0.29) is 4.90 Å². The fourth-order valence-electron chi connectivity index (χ4n) is 3.61. The van der Waals surface area contributed by atoms with Crippen molar-refractivity contribution in [1.29, 1.82) is 0 Å². The van der Waals surface area contributed by atoms with E-state index in [0.717, 1.165) is 14.3 Å². The molecule has 0 bridgehead atoms. The van der Waals surface area contributed by atoms with Gasteiger partial charge in [0, 0.05) is 4.47 Å². The van der Waals surface area contributed by atoms with Crippen LogP contribution in [-0.2, 0) is 21.4 Å². The number of nitrogens with one attached hydrogen (secondary N) is 1. The molecule has 4 aromatic carbocycles. The molecule has 0 spiro atoms. The van der Waals surface area contributed by atoms with Crippen LogP contribution >= 0.6 is 15.9 Å². The molecule has 0 aromatic heterocycles. The van der Waals surface area contributed by atoms with E-state index in [1.807, 2.05) is 30.3 Å². The van der Waals surface area contributed by atoms with Crippen LogP contribution in [0.5, 0.6) is 11.5 Å². The Kier molecular flexibility index (Phi) is 9.35. The predicted octanol–water partition coefficient (Wildman–Crippen LogP) is 5.38. The van der Waals surface area contributed by atoms with Crippen molar-refractivity contribution in [3.05, 3.63) is 119 Å². The lowest BCUT2D eigenvalue weighted by molar-refractivity contribution is -0.119. The highest BCUT2D eigenvalue weighted by Crippen LogP contribution is 2.28. The molecule has 39 heavy (non-hydrogen) atoms. The minimum absolute atomic E-state index is 0.0749. The summed E-state index contributed by atoms with van der Waals surface area (Å²) in [5.74, 6) is 0.471. The van der Waals surface area contributed by atoms with Gasteiger partial charge in [-0.05, 0) is 65.7 Å². The third-order valence-electron chi connectivity index (χ3n) is 5.56. The van der Waals surface area contributed by atoms with Crippen molar-refractivity contribution in [2.75, 3.05) is 18.0 Å². The minimum atomic E-state index is -4.00. The maximum atomic E-state index is 13.4. The van der Waals surface area contributed by atoms with Crippen molar-refractivity contribution in [2.45, 2.75) is 11.5 Å². The summed E-state index contributed by atoms with van der Waals surface area (Å²) < 4.78 is 39.9. The minimum Gasteiger partial charge on any atom is -0.493 e. The Balaban J connectivity index is 1.44. The van der Waals surface area contributed by atoms with Crippen LogP contribution < -0.4 is 19.2 Å². The Hall–Kier alpha value is -4.15. The van der Waals surface area contributed by atoms with E-state index in [2.05, 4.69) is 26.5 Å². The molecular weight excluding hydrogens is 582 g/mol. The maximum Gasteiger partial charge on any atom is 0.264 e. The van der Waals surface area contributed by atoms with E-state index in [0.29, 0.717) is 29.4 Å². The normalized spacial score (nSPS) is 11.2. The molecule has 0 aliphatic carbocycles. The summed E-state index contributed by atoms with van der Waals surface area (Å²) >= 11 is 3.35. The van der Waals surface area contributed by atoms with Gasteiger partial charge in [0.05, 0.1) is 23.9 Å². The van der Waals surface area contributed by atoms with Crippen LogP contribution in [0, 0.1) is 0 Å². The average Bonchev–Trinajstić information content (AvgIpc) is 2.96. The van der Waals surface area contributed by atoms with Crippen LogP contribution in [0.2, 0.25) is 0 Å². The third-order valence-corrected chi connectivity index (χ3v) is 7.88. The van der Waals surface area contributed by atoms with Gasteiger partial charge in [0.25, 0.3) is 15.9 Å². The van der Waals surface area contributed by atoms with Gasteiger partial charge in [-0.25, -0.2) is 13.8 Å². The third kappa shape index (κ3) is 7.46. The zero-order valence-electron chi connectivity index (χ0n) is 21.0. The van der Waals surface area contributed by atoms with Gasteiger partial charge in [-0.3, -0.25) is 9.10 Å². The van der Waals surface area contributed by atoms with E-state index < -0.39 is 22.5 Å². The highest BCUT2D eigenvalue weighted by Gasteiger charge is 2.27. The summed E-state index contributed by atoms with van der Waals surface area (Å²) in [5.41, 5.74) is 4.43. The van der Waals surface area contributed by atoms with Gasteiger partial charge in [-0.15, -0.1) is 0 Å². The molecule has 1 amide bonds. The number of ether oxygens (including phenoxy) is 2. The molecule has 0 heterocycles. The van der Waals surface area contributed by atoms with Crippen molar-refractivity contribution in [1.82, 2.24) is 5.43 Å². The molecule has 4 aromatic rings. The molecule has 0 radical (unpaired) electrons. The van der Waals surface area contributed by atoms with Crippen molar-refractivity contribution in [3.63, 3.8) is 0 Å². The lowest BCUT2D eigenvalue weighted by atomic mass is 10.2. The zero-order chi connectivity index (χ0) is 27.7. The van der Waals surface area contributed by atoms with Crippen molar-refractivity contribution in [2.24, 2.45) is 5.10 Å². The first-order valence-electron chi connectivity index (χ1n) is 11.9. The van der Waals surface area contributed by atoms with E-state index >= 15 is 0 Å². The highest BCUT2D eigenvalue weighted by atomic mass is 79.9. The Morgan fingerprint density at radius 2 is 1.59 bits per heavy atom. The topological polar surface area (TPSA) is 97.3 Å². The number of anilines is 1. The number of hydrogen-bond donors (Lipinski definition) is 1. The number of methoxy groups -OCH3 is 1. The molecule has 0 fully saturated rings. The van der Waals surface area contributed by atoms with Gasteiger partial charge in [0.2, 0.25) is 0 Å². The van der Waals surface area contributed by atoms with Crippen molar-refractivity contribution in [3.8, 4) is 11.5 Å². The van der Waals surface area contributed by atoms with Crippen LogP contribution in [0.1, 0.15) is 11.1 Å². The average molecular weight is 609 g/mol. The first-order chi connectivity index (χ1) is 18.9. The lowest BCUT2D eigenvalue weighted by Crippen LogP contribution is -2.39. The van der Waals surface area contributed by atoms with Gasteiger partial charge in [-0.1, -0.05) is 64.5 Å². The SMILES string of the molecule is COc1cc(/C=N\NC(=O)CN(c2ccc(Br)cc2)S(=O)(=O)c2ccccc2)ccc1OCc1ccccc1. The second-order valence-electron chi connectivity index (χ2n) is 8.28. The summed E-state index contributed by atoms with van der Waals surface area (Å²) in [6.07, 6.45) is 1.44. The number of carbonyl (C=O) groups excluding carboxylic acids is 1. The predicted molar refractivity (Wildman–Crippen MR) is 155 cm³/mol. The van der Waals surface area contributed by atoms with Crippen LogP contribution in [0.25, 0.3) is 0 Å². The number of carbonyl (C=O) groups is 1. The Labute approximate surface area is 236 Å². The van der Waals surface area contributed by atoms with Crippen LogP contribution in [-0.4, -0.2) is 34.2 Å². The molecule has 0 aliphatic rings. The number of sulfonamides is 1. The quantitative estimate of drug-likeness (QED) is 0.182. The molecule has 4 rings (SSSR count). The highest BCUT2D eigenvalue weighted by molar-refractivity contribution is 9.10. The maximum absolute atomic E-state index is 13.4. The van der Waals surface area contributed by atoms with E-state index in [4.69, 9.17) is 9.47 Å². The fraction of sp³-hybridized carbons (Fsp3) is 0.103. The Morgan fingerprint density at radius 3 is 2.26 bits per heavy atom. The monoisotopic (exact) mass is 607 g/mol.